The Morgan fingerprint density at radius 2 is 1.88 bits per heavy atom. The number of carbonyl (C=O) groups excluding carboxylic acids is 1. The Balaban J connectivity index is 5.15. The van der Waals surface area contributed by atoms with Crippen molar-refractivity contribution in [2.45, 2.75) is 53.9 Å². The summed E-state index contributed by atoms with van der Waals surface area (Å²) in [4.78, 5) is 11.5. The predicted molar refractivity (Wildman–Crippen MR) is 67.2 cm³/mol. The van der Waals surface area contributed by atoms with Gasteiger partial charge < -0.3 is 4.74 Å². The maximum absolute atomic E-state index is 11.5. The molecule has 2 heteroatoms. The summed E-state index contributed by atoms with van der Waals surface area (Å²) in [5.41, 5.74) is 5.00. The van der Waals surface area contributed by atoms with Crippen LogP contribution in [0.2, 0.25) is 0 Å². The van der Waals surface area contributed by atoms with Gasteiger partial charge in [0.15, 0.2) is 0 Å². The van der Waals surface area contributed by atoms with E-state index >= 15 is 0 Å². The molecular weight excluding hydrogens is 200 g/mol. The molecule has 0 spiro atoms. The minimum atomic E-state index is -0.253. The van der Waals surface area contributed by atoms with Crippen LogP contribution in [0.5, 0.6) is 0 Å². The van der Waals surface area contributed by atoms with Crippen molar-refractivity contribution in [1.82, 2.24) is 0 Å². The number of hydrogen-bond donors (Lipinski definition) is 0. The number of carbonyl (C=O) groups is 1. The largest absolute Gasteiger partial charge is 0.465 e. The van der Waals surface area contributed by atoms with Crippen molar-refractivity contribution >= 4 is 5.97 Å². The molecule has 16 heavy (non-hydrogen) atoms. The highest BCUT2D eigenvalue weighted by Gasteiger charge is 2.14. The third kappa shape index (κ3) is 5.18. The lowest BCUT2D eigenvalue weighted by Gasteiger charge is -2.17. The minimum absolute atomic E-state index is 0.0471. The maximum atomic E-state index is 11.5. The second-order valence-electron chi connectivity index (χ2n) is 5.07. The average molecular weight is 224 g/mol. The molecule has 2 nitrogen and oxygen atoms in total. The zero-order chi connectivity index (χ0) is 12.8. The Hall–Kier alpha value is -1.01. The van der Waals surface area contributed by atoms with Crippen molar-refractivity contribution in [2.75, 3.05) is 7.11 Å². The second-order valence-corrected chi connectivity index (χ2v) is 5.07. The molecule has 0 radical (unpaired) electrons. The van der Waals surface area contributed by atoms with E-state index in [2.05, 4.69) is 33.4 Å². The summed E-state index contributed by atoms with van der Waals surface area (Å²) >= 11 is 0. The minimum Gasteiger partial charge on any atom is -0.465 e. The Morgan fingerprint density at radius 1 is 1.31 bits per heavy atom. The van der Waals surface area contributed by atoms with E-state index in [0.717, 1.165) is 24.8 Å². The van der Waals surface area contributed by atoms with Crippen LogP contribution in [-0.4, -0.2) is 13.1 Å². The van der Waals surface area contributed by atoms with Crippen molar-refractivity contribution in [3.63, 3.8) is 0 Å². The first kappa shape index (κ1) is 15.0. The lowest BCUT2D eigenvalue weighted by atomic mass is 9.87. The van der Waals surface area contributed by atoms with Crippen LogP contribution in [0.4, 0.5) is 0 Å². The fraction of sp³-hybridized carbons (Fsp3) is 0.714. The highest BCUT2D eigenvalue weighted by atomic mass is 16.5. The molecule has 0 fully saturated rings. The van der Waals surface area contributed by atoms with Gasteiger partial charge in [0, 0.05) is 0 Å². The highest BCUT2D eigenvalue weighted by molar-refractivity contribution is 5.88. The molecule has 0 aromatic carbocycles. The predicted octanol–water partition coefficient (Wildman–Crippen LogP) is 3.87. The molecule has 0 heterocycles. The Bertz CT molecular complexity index is 299. The van der Waals surface area contributed by atoms with E-state index in [4.69, 9.17) is 4.74 Å². The monoisotopic (exact) mass is 224 g/mol. The van der Waals surface area contributed by atoms with E-state index in [9.17, 15) is 4.79 Å². The van der Waals surface area contributed by atoms with Crippen molar-refractivity contribution in [3.05, 3.63) is 16.9 Å². The van der Waals surface area contributed by atoms with Gasteiger partial charge >= 0.3 is 5.97 Å². The smallest absolute Gasteiger partial charge is 0.341 e. The topological polar surface area (TPSA) is 26.3 Å². The summed E-state index contributed by atoms with van der Waals surface area (Å²) in [5, 5.41) is 0. The number of ether oxygens (including phenoxy) is 1. The molecule has 0 aromatic rings. The van der Waals surface area contributed by atoms with Crippen LogP contribution in [0.1, 0.15) is 53.9 Å². The first-order valence-electron chi connectivity index (χ1n) is 5.88. The Labute approximate surface area is 99.4 Å². The molecule has 0 amide bonds. The average Bonchev–Trinajstić information content (AvgIpc) is 2.21. The van der Waals surface area contributed by atoms with Gasteiger partial charge in [-0.1, -0.05) is 34.1 Å². The molecule has 0 bridgehead atoms. The SMILES string of the molecule is CCCCC(=C=C(C)C(C)(C)C)C(=O)OC. The van der Waals surface area contributed by atoms with E-state index in [1.54, 1.807) is 0 Å². The zero-order valence-electron chi connectivity index (χ0n) is 11.4. The summed E-state index contributed by atoms with van der Waals surface area (Å²) in [6, 6.07) is 0. The molecule has 0 aliphatic carbocycles. The van der Waals surface area contributed by atoms with E-state index in [1.165, 1.54) is 7.11 Å². The second kappa shape index (κ2) is 6.55. The summed E-state index contributed by atoms with van der Waals surface area (Å²) in [6.45, 7) is 10.5. The van der Waals surface area contributed by atoms with Crippen LogP contribution in [0.3, 0.4) is 0 Å². The van der Waals surface area contributed by atoms with Crippen LogP contribution in [0.15, 0.2) is 16.9 Å². The normalized spacial score (nSPS) is 10.6. The summed E-state index contributed by atoms with van der Waals surface area (Å²) in [6.07, 6.45) is 2.81. The van der Waals surface area contributed by atoms with E-state index in [0.29, 0.717) is 5.57 Å². The van der Waals surface area contributed by atoms with E-state index in [1.807, 2.05) is 6.92 Å². The number of rotatable bonds is 4. The molecule has 92 valence electrons. The van der Waals surface area contributed by atoms with Gasteiger partial charge in [-0.2, -0.15) is 0 Å². The maximum Gasteiger partial charge on any atom is 0.341 e. The van der Waals surface area contributed by atoms with Crippen LogP contribution in [-0.2, 0) is 9.53 Å². The van der Waals surface area contributed by atoms with Gasteiger partial charge in [0.25, 0.3) is 0 Å². The first-order valence-corrected chi connectivity index (χ1v) is 5.88. The van der Waals surface area contributed by atoms with Crippen molar-refractivity contribution in [1.29, 1.82) is 0 Å². The molecule has 0 atom stereocenters. The molecular formula is C14H24O2. The van der Waals surface area contributed by atoms with Gasteiger partial charge in [0.1, 0.15) is 0 Å². The molecule has 0 unspecified atom stereocenters. The third-order valence-electron chi connectivity index (χ3n) is 2.68. The van der Waals surface area contributed by atoms with Gasteiger partial charge in [-0.05, 0) is 30.8 Å². The fourth-order valence-corrected chi connectivity index (χ4v) is 1.11. The molecule has 0 aromatic heterocycles. The number of hydrogen-bond acceptors (Lipinski definition) is 2. The van der Waals surface area contributed by atoms with Gasteiger partial charge in [-0.3, -0.25) is 0 Å². The molecule has 0 aliphatic rings. The van der Waals surface area contributed by atoms with Gasteiger partial charge in [0.2, 0.25) is 0 Å². The van der Waals surface area contributed by atoms with Gasteiger partial charge in [-0.15, -0.1) is 5.73 Å². The van der Waals surface area contributed by atoms with Crippen molar-refractivity contribution < 1.29 is 9.53 Å². The quantitative estimate of drug-likeness (QED) is 0.411. The molecule has 0 rings (SSSR count). The summed E-state index contributed by atoms with van der Waals surface area (Å²) in [7, 11) is 1.42. The lowest BCUT2D eigenvalue weighted by Crippen LogP contribution is -2.08. The molecule has 0 aliphatic heterocycles. The van der Waals surface area contributed by atoms with E-state index < -0.39 is 0 Å². The van der Waals surface area contributed by atoms with Crippen LogP contribution >= 0.6 is 0 Å². The molecule has 0 saturated carbocycles. The standard InChI is InChI=1S/C14H24O2/c1-7-8-9-12(13(15)16-6)10-11(2)14(3,4)5/h7-9H2,1-6H3. The Kier molecular flexibility index (Phi) is 6.13. The number of methoxy groups -OCH3 is 1. The van der Waals surface area contributed by atoms with Crippen molar-refractivity contribution in [3.8, 4) is 0 Å². The molecule has 0 N–H and O–H groups in total. The van der Waals surface area contributed by atoms with Crippen molar-refractivity contribution in [2.24, 2.45) is 5.41 Å². The van der Waals surface area contributed by atoms with Gasteiger partial charge in [0.05, 0.1) is 12.7 Å². The number of esters is 1. The van der Waals surface area contributed by atoms with Crippen LogP contribution in [0, 0.1) is 5.41 Å². The fourth-order valence-electron chi connectivity index (χ4n) is 1.11. The van der Waals surface area contributed by atoms with Crippen LogP contribution < -0.4 is 0 Å². The highest BCUT2D eigenvalue weighted by Crippen LogP contribution is 2.24. The lowest BCUT2D eigenvalue weighted by molar-refractivity contribution is -0.136. The van der Waals surface area contributed by atoms with E-state index in [-0.39, 0.29) is 11.4 Å². The third-order valence-corrected chi connectivity index (χ3v) is 2.68. The molecule has 0 saturated heterocycles. The van der Waals surface area contributed by atoms with Crippen LogP contribution in [0.25, 0.3) is 0 Å². The number of unbranched alkanes of at least 4 members (excludes halogenated alkanes) is 1. The van der Waals surface area contributed by atoms with Gasteiger partial charge in [-0.25, -0.2) is 4.79 Å². The summed E-state index contributed by atoms with van der Waals surface area (Å²) < 4.78 is 4.77. The zero-order valence-corrected chi connectivity index (χ0v) is 11.4. The first-order chi connectivity index (χ1) is 7.32. The Morgan fingerprint density at radius 3 is 2.25 bits per heavy atom. The summed E-state index contributed by atoms with van der Waals surface area (Å²) in [5.74, 6) is -0.253.